The van der Waals surface area contributed by atoms with E-state index in [0.717, 1.165) is 0 Å². The molecule has 0 spiro atoms. The fraction of sp³-hybridized carbons (Fsp3) is 1.00. The Labute approximate surface area is 117 Å². The van der Waals surface area contributed by atoms with E-state index in [9.17, 15) is 8.42 Å². The maximum atomic E-state index is 11.1. The lowest BCUT2D eigenvalue weighted by Crippen LogP contribution is -2.48. The maximum absolute atomic E-state index is 11.1. The lowest BCUT2D eigenvalue weighted by atomic mass is 9.99. The van der Waals surface area contributed by atoms with Gasteiger partial charge in [-0.05, 0) is 6.42 Å². The second-order valence-corrected chi connectivity index (χ2v) is 9.12. The molecule has 8 heteroatoms. The largest absolute Gasteiger partial charge is 0.285 e. The summed E-state index contributed by atoms with van der Waals surface area (Å²) in [5, 5.41) is -0.773. The van der Waals surface area contributed by atoms with Gasteiger partial charge < -0.3 is 0 Å². The van der Waals surface area contributed by atoms with E-state index in [2.05, 4.69) is 63.7 Å². The molecular formula is C6H8Br4O3S. The molecule has 1 saturated carbocycles. The lowest BCUT2D eigenvalue weighted by Gasteiger charge is -2.36. The van der Waals surface area contributed by atoms with Crippen LogP contribution >= 0.6 is 63.7 Å². The van der Waals surface area contributed by atoms with Gasteiger partial charge in [-0.2, -0.15) is 8.42 Å². The number of hydrogen-bond acceptors (Lipinski definition) is 2. The van der Waals surface area contributed by atoms with Gasteiger partial charge in [-0.3, -0.25) is 4.55 Å². The van der Waals surface area contributed by atoms with Gasteiger partial charge in [0.05, 0.1) is 0 Å². The minimum Gasteiger partial charge on any atom is -0.285 e. The molecule has 0 radical (unpaired) electrons. The first-order valence-electron chi connectivity index (χ1n) is 3.77. The third-order valence-corrected chi connectivity index (χ3v) is 10.4. The Hall–Kier alpha value is 1.83. The molecule has 0 saturated heterocycles. The van der Waals surface area contributed by atoms with Crippen LogP contribution in [0.5, 0.6) is 0 Å². The van der Waals surface area contributed by atoms with Crippen LogP contribution in [-0.2, 0) is 10.1 Å². The monoisotopic (exact) mass is 476 g/mol. The molecule has 1 fully saturated rings. The summed E-state index contributed by atoms with van der Waals surface area (Å²) in [4.78, 5) is -0.194. The molecule has 1 rings (SSSR count). The van der Waals surface area contributed by atoms with E-state index in [4.69, 9.17) is 4.55 Å². The predicted octanol–water partition coefficient (Wildman–Crippen LogP) is 2.70. The standard InChI is InChI=1S/C6H8Br4O3S/c7-2-1-3(14(11,12)13)5(9)6(10)4(2)8/h2-6H,1H2,(H,11,12,13). The lowest BCUT2D eigenvalue weighted by molar-refractivity contribution is 0.445. The van der Waals surface area contributed by atoms with Gasteiger partial charge in [0, 0.05) is 19.3 Å². The Morgan fingerprint density at radius 2 is 1.50 bits per heavy atom. The first kappa shape index (κ1) is 13.9. The Balaban J connectivity index is 2.92. The highest BCUT2D eigenvalue weighted by molar-refractivity contribution is 9.14. The second-order valence-electron chi connectivity index (χ2n) is 3.14. The molecular weight excluding hydrogens is 472 g/mol. The van der Waals surface area contributed by atoms with Crippen LogP contribution in [0.2, 0.25) is 0 Å². The van der Waals surface area contributed by atoms with Crippen molar-refractivity contribution in [3.63, 3.8) is 0 Å². The molecule has 0 amide bonds. The normalized spacial score (nSPS) is 45.1. The second kappa shape index (κ2) is 5.00. The van der Waals surface area contributed by atoms with Crippen LogP contribution < -0.4 is 0 Å². The molecule has 14 heavy (non-hydrogen) atoms. The van der Waals surface area contributed by atoms with Crippen LogP contribution in [0.15, 0.2) is 0 Å². The van der Waals surface area contributed by atoms with E-state index in [-0.39, 0.29) is 19.3 Å². The molecule has 0 aliphatic heterocycles. The summed E-state index contributed by atoms with van der Waals surface area (Å²) in [6.45, 7) is 0. The molecule has 1 N–H and O–H groups in total. The van der Waals surface area contributed by atoms with Crippen LogP contribution in [0.25, 0.3) is 0 Å². The Kier molecular flexibility index (Phi) is 4.96. The zero-order valence-corrected chi connectivity index (χ0v) is 13.9. The molecule has 84 valence electrons. The molecule has 1 aliphatic rings. The van der Waals surface area contributed by atoms with Crippen LogP contribution in [0.4, 0.5) is 0 Å². The van der Waals surface area contributed by atoms with Crippen molar-refractivity contribution < 1.29 is 13.0 Å². The number of hydrogen-bond donors (Lipinski definition) is 1. The molecule has 5 atom stereocenters. The van der Waals surface area contributed by atoms with E-state index in [1.165, 1.54) is 0 Å². The van der Waals surface area contributed by atoms with Gasteiger partial charge in [0.1, 0.15) is 5.25 Å². The molecule has 0 aromatic rings. The van der Waals surface area contributed by atoms with Crippen molar-refractivity contribution >= 4 is 73.8 Å². The smallest absolute Gasteiger partial charge is 0.268 e. The topological polar surface area (TPSA) is 54.4 Å². The van der Waals surface area contributed by atoms with E-state index in [1.54, 1.807) is 0 Å². The van der Waals surface area contributed by atoms with Crippen molar-refractivity contribution in [1.29, 1.82) is 0 Å². The Morgan fingerprint density at radius 1 is 1.00 bits per heavy atom. The summed E-state index contributed by atoms with van der Waals surface area (Å²) in [5.74, 6) is 0. The molecule has 5 unspecified atom stereocenters. The zero-order chi connectivity index (χ0) is 11.1. The van der Waals surface area contributed by atoms with Crippen molar-refractivity contribution in [2.75, 3.05) is 0 Å². The fourth-order valence-electron chi connectivity index (χ4n) is 1.35. The molecule has 3 nitrogen and oxygen atoms in total. The predicted molar refractivity (Wildman–Crippen MR) is 70.8 cm³/mol. The van der Waals surface area contributed by atoms with Gasteiger partial charge in [0.25, 0.3) is 10.1 Å². The summed E-state index contributed by atoms with van der Waals surface area (Å²) in [5.41, 5.74) is 0. The number of halogens is 4. The average Bonchev–Trinajstić information content (AvgIpc) is 2.06. The molecule has 0 bridgehead atoms. The zero-order valence-electron chi connectivity index (χ0n) is 6.78. The first-order valence-corrected chi connectivity index (χ1v) is 8.94. The molecule has 0 aromatic heterocycles. The minimum absolute atomic E-state index is 0.0209. The third kappa shape index (κ3) is 2.94. The highest BCUT2D eigenvalue weighted by Gasteiger charge is 2.45. The first-order chi connectivity index (χ1) is 6.25. The van der Waals surface area contributed by atoms with Gasteiger partial charge in [-0.25, -0.2) is 0 Å². The van der Waals surface area contributed by atoms with Gasteiger partial charge in [0.15, 0.2) is 0 Å². The average molecular weight is 480 g/mol. The van der Waals surface area contributed by atoms with E-state index in [0.29, 0.717) is 6.42 Å². The SMILES string of the molecule is O=S(=O)(O)C1CC(Br)C(Br)C(Br)C1Br. The quantitative estimate of drug-likeness (QED) is 0.465. The fourth-order valence-corrected chi connectivity index (χ4v) is 6.94. The van der Waals surface area contributed by atoms with E-state index < -0.39 is 15.4 Å². The Bertz CT molecular complexity index is 306. The highest BCUT2D eigenvalue weighted by atomic mass is 79.9. The summed E-state index contributed by atoms with van der Waals surface area (Å²) in [6.07, 6.45) is 0.382. The Morgan fingerprint density at radius 3 is 1.93 bits per heavy atom. The van der Waals surface area contributed by atoms with Crippen LogP contribution in [0.1, 0.15) is 6.42 Å². The molecule has 0 heterocycles. The van der Waals surface area contributed by atoms with Gasteiger partial charge in [0.2, 0.25) is 0 Å². The van der Waals surface area contributed by atoms with Crippen LogP contribution in [-0.4, -0.2) is 37.5 Å². The number of alkyl halides is 4. The molecule has 1 aliphatic carbocycles. The summed E-state index contributed by atoms with van der Waals surface area (Å²) < 4.78 is 31.1. The van der Waals surface area contributed by atoms with Crippen molar-refractivity contribution in [2.24, 2.45) is 0 Å². The van der Waals surface area contributed by atoms with E-state index >= 15 is 0 Å². The van der Waals surface area contributed by atoms with Crippen molar-refractivity contribution in [3.05, 3.63) is 0 Å². The van der Waals surface area contributed by atoms with Crippen LogP contribution in [0.3, 0.4) is 0 Å². The van der Waals surface area contributed by atoms with Crippen molar-refractivity contribution in [3.8, 4) is 0 Å². The van der Waals surface area contributed by atoms with Crippen molar-refractivity contribution in [2.45, 2.75) is 31.0 Å². The summed E-state index contributed by atoms with van der Waals surface area (Å²) in [7, 11) is -3.99. The summed E-state index contributed by atoms with van der Waals surface area (Å²) in [6, 6.07) is 0. The molecule has 0 aromatic carbocycles. The highest BCUT2D eigenvalue weighted by Crippen LogP contribution is 2.40. The number of rotatable bonds is 1. The minimum atomic E-state index is -3.99. The summed E-state index contributed by atoms with van der Waals surface area (Å²) >= 11 is 13.5. The van der Waals surface area contributed by atoms with E-state index in [1.807, 2.05) is 0 Å². The third-order valence-electron chi connectivity index (χ3n) is 2.15. The van der Waals surface area contributed by atoms with Gasteiger partial charge >= 0.3 is 0 Å². The van der Waals surface area contributed by atoms with Gasteiger partial charge in [-0.15, -0.1) is 0 Å². The van der Waals surface area contributed by atoms with Crippen LogP contribution in [0, 0.1) is 0 Å². The van der Waals surface area contributed by atoms with Crippen molar-refractivity contribution in [1.82, 2.24) is 0 Å². The maximum Gasteiger partial charge on any atom is 0.268 e. The van der Waals surface area contributed by atoms with Gasteiger partial charge in [-0.1, -0.05) is 63.7 Å².